The van der Waals surface area contributed by atoms with Crippen molar-refractivity contribution >= 4 is 17.9 Å². The van der Waals surface area contributed by atoms with Gasteiger partial charge in [-0.05, 0) is 34.6 Å². The third-order valence-electron chi connectivity index (χ3n) is 3.23. The molecular weight excluding hydrogens is 338 g/mol. The SMILES string of the molecule is C=C(C)C(=O)OCCN(CCOC(=O)C(=C)C)CCOC(=O)C(C)(C)C. The molecule has 0 aromatic rings. The molecule has 0 amide bonds. The first-order valence-electron chi connectivity index (χ1n) is 8.50. The molecule has 7 heteroatoms. The number of carbonyl (C=O) groups excluding carboxylic acids is 3. The molecule has 0 aromatic heterocycles. The third-order valence-corrected chi connectivity index (χ3v) is 3.23. The second-order valence-corrected chi connectivity index (χ2v) is 7.06. The van der Waals surface area contributed by atoms with E-state index < -0.39 is 17.4 Å². The van der Waals surface area contributed by atoms with Crippen LogP contribution in [0, 0.1) is 5.41 Å². The van der Waals surface area contributed by atoms with Crippen LogP contribution in [0.25, 0.3) is 0 Å². The van der Waals surface area contributed by atoms with Gasteiger partial charge < -0.3 is 14.2 Å². The summed E-state index contributed by atoms with van der Waals surface area (Å²) >= 11 is 0. The fourth-order valence-corrected chi connectivity index (χ4v) is 1.60. The number of hydrogen-bond acceptors (Lipinski definition) is 7. The smallest absolute Gasteiger partial charge is 0.333 e. The molecule has 0 bridgehead atoms. The van der Waals surface area contributed by atoms with E-state index >= 15 is 0 Å². The van der Waals surface area contributed by atoms with Crippen molar-refractivity contribution in [2.24, 2.45) is 5.41 Å². The van der Waals surface area contributed by atoms with E-state index in [4.69, 9.17) is 14.2 Å². The van der Waals surface area contributed by atoms with Crippen molar-refractivity contribution in [1.82, 2.24) is 4.90 Å². The van der Waals surface area contributed by atoms with Gasteiger partial charge in [0.25, 0.3) is 0 Å². The molecule has 0 saturated carbocycles. The largest absolute Gasteiger partial charge is 0.464 e. The monoisotopic (exact) mass is 369 g/mol. The Kier molecular flexibility index (Phi) is 10.5. The number of carbonyl (C=O) groups is 3. The van der Waals surface area contributed by atoms with Crippen LogP contribution in [0.15, 0.2) is 24.3 Å². The van der Waals surface area contributed by atoms with Crippen LogP contribution >= 0.6 is 0 Å². The summed E-state index contributed by atoms with van der Waals surface area (Å²) in [6.07, 6.45) is 0. The van der Waals surface area contributed by atoms with Gasteiger partial charge in [0.05, 0.1) is 5.41 Å². The van der Waals surface area contributed by atoms with Gasteiger partial charge in [-0.1, -0.05) is 13.2 Å². The quantitative estimate of drug-likeness (QED) is 0.313. The number of nitrogens with zero attached hydrogens (tertiary/aromatic N) is 1. The summed E-state index contributed by atoms with van der Waals surface area (Å²) in [5, 5.41) is 0. The fraction of sp³-hybridized carbons (Fsp3) is 0.632. The van der Waals surface area contributed by atoms with Crippen LogP contribution in [0.3, 0.4) is 0 Å². The molecule has 0 aromatic carbocycles. The van der Waals surface area contributed by atoms with Crippen molar-refractivity contribution in [3.05, 3.63) is 24.3 Å². The van der Waals surface area contributed by atoms with Gasteiger partial charge >= 0.3 is 17.9 Å². The summed E-state index contributed by atoms with van der Waals surface area (Å²) in [6, 6.07) is 0. The van der Waals surface area contributed by atoms with Gasteiger partial charge in [0.2, 0.25) is 0 Å². The van der Waals surface area contributed by atoms with Crippen molar-refractivity contribution in [2.45, 2.75) is 34.6 Å². The lowest BCUT2D eigenvalue weighted by Gasteiger charge is -2.23. The molecule has 148 valence electrons. The Balaban J connectivity index is 4.45. The molecule has 0 spiro atoms. The summed E-state index contributed by atoms with van der Waals surface area (Å²) in [4.78, 5) is 36.5. The lowest BCUT2D eigenvalue weighted by atomic mass is 9.97. The minimum atomic E-state index is -0.571. The Labute approximate surface area is 156 Å². The van der Waals surface area contributed by atoms with Crippen LogP contribution in [-0.4, -0.2) is 62.3 Å². The Morgan fingerprint density at radius 1 is 0.769 bits per heavy atom. The molecule has 0 radical (unpaired) electrons. The topological polar surface area (TPSA) is 82.1 Å². The second-order valence-electron chi connectivity index (χ2n) is 7.06. The van der Waals surface area contributed by atoms with Gasteiger partial charge in [-0.2, -0.15) is 0 Å². The van der Waals surface area contributed by atoms with Crippen LogP contribution in [0.2, 0.25) is 0 Å². The highest BCUT2D eigenvalue weighted by molar-refractivity contribution is 5.87. The first-order valence-corrected chi connectivity index (χ1v) is 8.50. The zero-order valence-electron chi connectivity index (χ0n) is 16.6. The van der Waals surface area contributed by atoms with Gasteiger partial charge in [0.1, 0.15) is 19.8 Å². The molecule has 7 nitrogen and oxygen atoms in total. The van der Waals surface area contributed by atoms with Crippen LogP contribution in [-0.2, 0) is 28.6 Å². The van der Waals surface area contributed by atoms with Gasteiger partial charge in [-0.3, -0.25) is 9.69 Å². The summed E-state index contributed by atoms with van der Waals surface area (Å²) in [5.41, 5.74) is 0.0795. The van der Waals surface area contributed by atoms with E-state index in [1.165, 1.54) is 0 Å². The minimum absolute atomic E-state index is 0.160. The van der Waals surface area contributed by atoms with Crippen LogP contribution in [0.5, 0.6) is 0 Å². The van der Waals surface area contributed by atoms with E-state index in [1.807, 2.05) is 4.90 Å². The van der Waals surface area contributed by atoms with Crippen LogP contribution < -0.4 is 0 Å². The third kappa shape index (κ3) is 10.7. The van der Waals surface area contributed by atoms with Crippen LogP contribution in [0.1, 0.15) is 34.6 Å². The molecule has 0 unspecified atom stereocenters. The van der Waals surface area contributed by atoms with E-state index in [1.54, 1.807) is 34.6 Å². The summed E-state index contributed by atoms with van der Waals surface area (Å²) in [7, 11) is 0. The average Bonchev–Trinajstić information content (AvgIpc) is 2.52. The highest BCUT2D eigenvalue weighted by Gasteiger charge is 2.23. The van der Waals surface area contributed by atoms with Crippen molar-refractivity contribution in [3.63, 3.8) is 0 Å². The fourth-order valence-electron chi connectivity index (χ4n) is 1.60. The first kappa shape index (κ1) is 23.9. The summed E-state index contributed by atoms with van der Waals surface area (Å²) in [6.45, 7) is 17.3. The molecule has 0 aliphatic heterocycles. The van der Waals surface area contributed by atoms with E-state index in [0.717, 1.165) is 0 Å². The van der Waals surface area contributed by atoms with E-state index in [-0.39, 0.29) is 25.8 Å². The van der Waals surface area contributed by atoms with Crippen LogP contribution in [0.4, 0.5) is 0 Å². The first-order chi connectivity index (χ1) is 11.9. The normalized spacial score (nSPS) is 11.0. The van der Waals surface area contributed by atoms with Gasteiger partial charge in [-0.15, -0.1) is 0 Å². The van der Waals surface area contributed by atoms with Gasteiger partial charge in [-0.25, -0.2) is 9.59 Å². The lowest BCUT2D eigenvalue weighted by Crippen LogP contribution is -2.36. The zero-order valence-corrected chi connectivity index (χ0v) is 16.6. The predicted molar refractivity (Wildman–Crippen MR) is 98.4 cm³/mol. The van der Waals surface area contributed by atoms with Crippen molar-refractivity contribution in [3.8, 4) is 0 Å². The molecule has 0 saturated heterocycles. The maximum atomic E-state index is 11.8. The average molecular weight is 369 g/mol. The van der Waals surface area contributed by atoms with Gasteiger partial charge in [0, 0.05) is 30.8 Å². The minimum Gasteiger partial charge on any atom is -0.464 e. The Hall–Kier alpha value is -2.15. The molecule has 26 heavy (non-hydrogen) atoms. The standard InChI is InChI=1S/C19H31NO6/c1-14(2)16(21)24-11-8-20(9-12-25-17(22)15(3)4)10-13-26-18(23)19(5,6)7/h1,3,8-13H2,2,4-7H3. The second kappa shape index (κ2) is 11.5. The Bertz CT molecular complexity index is 501. The molecule has 0 aliphatic rings. The maximum absolute atomic E-state index is 11.8. The van der Waals surface area contributed by atoms with E-state index in [0.29, 0.717) is 30.8 Å². The number of esters is 3. The van der Waals surface area contributed by atoms with Crippen molar-refractivity contribution in [2.75, 3.05) is 39.5 Å². The molecule has 0 atom stereocenters. The van der Waals surface area contributed by atoms with E-state index in [9.17, 15) is 14.4 Å². The van der Waals surface area contributed by atoms with Crippen molar-refractivity contribution < 1.29 is 28.6 Å². The maximum Gasteiger partial charge on any atom is 0.333 e. The summed E-state index contributed by atoms with van der Waals surface area (Å²) in [5.74, 6) is -1.21. The molecule has 0 fully saturated rings. The summed E-state index contributed by atoms with van der Waals surface area (Å²) < 4.78 is 15.4. The highest BCUT2D eigenvalue weighted by Crippen LogP contribution is 2.14. The van der Waals surface area contributed by atoms with Gasteiger partial charge in [0.15, 0.2) is 0 Å². The lowest BCUT2D eigenvalue weighted by molar-refractivity contribution is -0.153. The molecule has 0 aliphatic carbocycles. The highest BCUT2D eigenvalue weighted by atomic mass is 16.5. The molecule has 0 N–H and O–H groups in total. The zero-order chi connectivity index (χ0) is 20.3. The number of ether oxygens (including phenoxy) is 3. The predicted octanol–water partition coefficient (Wildman–Crippen LogP) is 2.12. The van der Waals surface area contributed by atoms with Crippen molar-refractivity contribution in [1.29, 1.82) is 0 Å². The number of hydrogen-bond donors (Lipinski definition) is 0. The molecule has 0 heterocycles. The Morgan fingerprint density at radius 3 is 1.42 bits per heavy atom. The Morgan fingerprint density at radius 2 is 1.12 bits per heavy atom. The van der Waals surface area contributed by atoms with E-state index in [2.05, 4.69) is 13.2 Å². The molecule has 0 rings (SSSR count). The molecular formula is C19H31NO6. The number of rotatable bonds is 11.